The lowest BCUT2D eigenvalue weighted by Gasteiger charge is -2.73. The van der Waals surface area contributed by atoms with E-state index in [0.717, 1.165) is 24.2 Å². The molecule has 5 aliphatic rings. The summed E-state index contributed by atoms with van der Waals surface area (Å²) >= 11 is 0. The predicted octanol–water partition coefficient (Wildman–Crippen LogP) is 7.65. The minimum atomic E-state index is -0.115. The van der Waals surface area contributed by atoms with E-state index in [0.29, 0.717) is 46.0 Å². The first-order valence-electron chi connectivity index (χ1n) is 15.0. The number of carbonyl (C=O) groups excluding carboxylic acids is 1. The lowest BCUT2D eigenvalue weighted by atomic mass is 9.32. The zero-order chi connectivity index (χ0) is 25.6. The van der Waals surface area contributed by atoms with Gasteiger partial charge >= 0.3 is 5.97 Å². The van der Waals surface area contributed by atoms with Gasteiger partial charge in [0.1, 0.15) is 6.10 Å². The van der Waals surface area contributed by atoms with Crippen LogP contribution in [0, 0.1) is 62.6 Å². The summed E-state index contributed by atoms with van der Waals surface area (Å²) in [5.74, 6) is 4.05. The number of hydrogen-bond donors (Lipinski definition) is 1. The van der Waals surface area contributed by atoms with Crippen molar-refractivity contribution < 1.29 is 14.6 Å². The van der Waals surface area contributed by atoms with Crippen molar-refractivity contribution in [2.75, 3.05) is 6.61 Å². The van der Waals surface area contributed by atoms with E-state index >= 15 is 0 Å². The maximum Gasteiger partial charge on any atom is 0.302 e. The molecule has 35 heavy (non-hydrogen) atoms. The summed E-state index contributed by atoms with van der Waals surface area (Å²) in [6.07, 6.45) is 13.1. The van der Waals surface area contributed by atoms with Gasteiger partial charge in [0, 0.05) is 18.9 Å². The maximum absolute atomic E-state index is 11.9. The summed E-state index contributed by atoms with van der Waals surface area (Å²) in [7, 11) is 0. The Morgan fingerprint density at radius 1 is 0.800 bits per heavy atom. The Morgan fingerprint density at radius 3 is 1.97 bits per heavy atom. The number of ether oxygens (including phenoxy) is 1. The fraction of sp³-hybridized carbons (Fsp3) is 0.969. The third-order valence-electron chi connectivity index (χ3n) is 14.3. The smallest absolute Gasteiger partial charge is 0.302 e. The molecule has 0 saturated heterocycles. The number of esters is 1. The number of aliphatic hydroxyl groups is 1. The van der Waals surface area contributed by atoms with Crippen LogP contribution < -0.4 is 0 Å². The van der Waals surface area contributed by atoms with E-state index in [2.05, 4.69) is 48.5 Å². The average molecular weight is 487 g/mol. The summed E-state index contributed by atoms with van der Waals surface area (Å²) in [5.41, 5.74) is 1.62. The SMILES string of the molecule is CC(=O)OC1CCC2(C)C(CCC3(C)C2CCC2C4(C)CCC(C(C)CO)C4CCC23C)C1(C)C. The van der Waals surface area contributed by atoms with Crippen LogP contribution in [0.3, 0.4) is 0 Å². The Bertz CT molecular complexity index is 850. The maximum atomic E-state index is 11.9. The number of rotatable bonds is 3. The Hall–Kier alpha value is -0.570. The summed E-state index contributed by atoms with van der Waals surface area (Å²) in [6.45, 7) is 19.7. The van der Waals surface area contributed by atoms with E-state index in [4.69, 9.17) is 4.74 Å². The first kappa shape index (κ1) is 26.1. The van der Waals surface area contributed by atoms with Gasteiger partial charge in [-0.25, -0.2) is 0 Å². The molecule has 5 fully saturated rings. The highest BCUT2D eigenvalue weighted by Crippen LogP contribution is 2.78. The Labute approximate surface area is 215 Å². The van der Waals surface area contributed by atoms with Crippen LogP contribution >= 0.6 is 0 Å². The van der Waals surface area contributed by atoms with Gasteiger partial charge in [0.2, 0.25) is 0 Å². The second kappa shape index (κ2) is 8.21. The number of fused-ring (bicyclic) bond motifs is 7. The minimum Gasteiger partial charge on any atom is -0.462 e. The standard InChI is InChI=1S/C32H54O3/c1-20(19-33)22-11-15-29(5)23(22)12-17-31(7)25(29)9-10-26-30(6)16-14-27(35-21(2)34)28(3,4)24(30)13-18-32(26,31)8/h20,22-27,33H,9-19H2,1-8H3. The van der Waals surface area contributed by atoms with Gasteiger partial charge in [-0.1, -0.05) is 48.5 Å². The van der Waals surface area contributed by atoms with Crippen molar-refractivity contribution >= 4 is 5.97 Å². The molecule has 0 aromatic heterocycles. The topological polar surface area (TPSA) is 46.5 Å². The highest BCUT2D eigenvalue weighted by Gasteiger charge is 2.71. The van der Waals surface area contributed by atoms with Gasteiger partial charge in [-0.2, -0.15) is 0 Å². The fourth-order valence-electron chi connectivity index (χ4n) is 12.4. The predicted molar refractivity (Wildman–Crippen MR) is 142 cm³/mol. The molecule has 11 unspecified atom stereocenters. The minimum absolute atomic E-state index is 0.0422. The number of carbonyl (C=O) groups is 1. The Kier molecular flexibility index (Phi) is 6.11. The molecule has 5 aliphatic carbocycles. The molecule has 3 heteroatoms. The second-order valence-corrected chi connectivity index (χ2v) is 15.6. The van der Waals surface area contributed by atoms with Crippen molar-refractivity contribution in [1.29, 1.82) is 0 Å². The van der Waals surface area contributed by atoms with E-state index in [1.165, 1.54) is 57.8 Å². The largest absolute Gasteiger partial charge is 0.462 e. The van der Waals surface area contributed by atoms with Crippen LogP contribution in [0.25, 0.3) is 0 Å². The zero-order valence-electron chi connectivity index (χ0n) is 24.1. The zero-order valence-corrected chi connectivity index (χ0v) is 24.1. The molecule has 0 spiro atoms. The Balaban J connectivity index is 1.46. The van der Waals surface area contributed by atoms with E-state index in [1.807, 2.05) is 0 Å². The summed E-state index contributed by atoms with van der Waals surface area (Å²) < 4.78 is 5.91. The molecule has 0 aromatic rings. The van der Waals surface area contributed by atoms with Crippen LogP contribution in [-0.2, 0) is 9.53 Å². The van der Waals surface area contributed by atoms with Gasteiger partial charge in [-0.15, -0.1) is 0 Å². The van der Waals surface area contributed by atoms with Crippen LogP contribution in [0.4, 0.5) is 0 Å². The molecule has 1 N–H and O–H groups in total. The van der Waals surface area contributed by atoms with E-state index in [-0.39, 0.29) is 17.5 Å². The summed E-state index contributed by atoms with van der Waals surface area (Å²) in [5, 5.41) is 9.97. The molecule has 5 saturated carbocycles. The first-order chi connectivity index (χ1) is 16.3. The second-order valence-electron chi connectivity index (χ2n) is 15.6. The van der Waals surface area contributed by atoms with Gasteiger partial charge < -0.3 is 9.84 Å². The first-order valence-corrected chi connectivity index (χ1v) is 15.0. The van der Waals surface area contributed by atoms with Gasteiger partial charge in [-0.3, -0.25) is 4.79 Å². The molecule has 0 bridgehead atoms. The van der Waals surface area contributed by atoms with Gasteiger partial charge in [0.05, 0.1) is 0 Å². The van der Waals surface area contributed by atoms with Crippen molar-refractivity contribution in [2.24, 2.45) is 62.6 Å². The third kappa shape index (κ3) is 3.34. The van der Waals surface area contributed by atoms with E-state index in [9.17, 15) is 9.90 Å². The fourth-order valence-corrected chi connectivity index (χ4v) is 12.4. The number of hydrogen-bond acceptors (Lipinski definition) is 3. The molecule has 5 rings (SSSR count). The summed E-state index contributed by atoms with van der Waals surface area (Å²) in [6, 6.07) is 0. The van der Waals surface area contributed by atoms with Crippen molar-refractivity contribution in [3.8, 4) is 0 Å². The molecule has 0 aromatic carbocycles. The van der Waals surface area contributed by atoms with Gasteiger partial charge in [-0.05, 0) is 121 Å². The lowest BCUT2D eigenvalue weighted by Crippen LogP contribution is -2.67. The molecule has 0 amide bonds. The van der Waals surface area contributed by atoms with Crippen LogP contribution in [0.5, 0.6) is 0 Å². The van der Waals surface area contributed by atoms with E-state index < -0.39 is 0 Å². The van der Waals surface area contributed by atoms with Crippen molar-refractivity contribution in [2.45, 2.75) is 126 Å². The molecule has 0 aliphatic heterocycles. The Morgan fingerprint density at radius 2 is 1.37 bits per heavy atom. The van der Waals surface area contributed by atoms with Crippen LogP contribution in [-0.4, -0.2) is 23.8 Å². The van der Waals surface area contributed by atoms with Crippen LogP contribution in [0.15, 0.2) is 0 Å². The highest BCUT2D eigenvalue weighted by molar-refractivity contribution is 5.66. The molecule has 0 heterocycles. The average Bonchev–Trinajstić information content (AvgIpc) is 3.12. The third-order valence-corrected chi connectivity index (χ3v) is 14.3. The van der Waals surface area contributed by atoms with Crippen molar-refractivity contribution in [3.63, 3.8) is 0 Å². The summed E-state index contributed by atoms with van der Waals surface area (Å²) in [4.78, 5) is 11.9. The van der Waals surface area contributed by atoms with E-state index in [1.54, 1.807) is 6.92 Å². The van der Waals surface area contributed by atoms with Crippen molar-refractivity contribution in [1.82, 2.24) is 0 Å². The van der Waals surface area contributed by atoms with Gasteiger partial charge in [0.15, 0.2) is 0 Å². The molecular formula is C32H54O3. The number of aliphatic hydroxyl groups excluding tert-OH is 1. The monoisotopic (exact) mass is 486 g/mol. The lowest BCUT2D eigenvalue weighted by molar-refractivity contribution is -0.253. The molecule has 11 atom stereocenters. The quantitative estimate of drug-likeness (QED) is 0.417. The van der Waals surface area contributed by atoms with Gasteiger partial charge in [0.25, 0.3) is 0 Å². The molecular weight excluding hydrogens is 432 g/mol. The van der Waals surface area contributed by atoms with Crippen LogP contribution in [0.1, 0.15) is 120 Å². The molecule has 0 radical (unpaired) electrons. The van der Waals surface area contributed by atoms with Crippen LogP contribution in [0.2, 0.25) is 0 Å². The molecule has 200 valence electrons. The normalized spacial score (nSPS) is 53.5. The molecule has 3 nitrogen and oxygen atoms in total. The highest BCUT2D eigenvalue weighted by atomic mass is 16.5. The van der Waals surface area contributed by atoms with Crippen molar-refractivity contribution in [3.05, 3.63) is 0 Å².